The number of carbonyl (C=O) groups is 3. The number of nitro benzene ring substituents is 1. The van der Waals surface area contributed by atoms with Crippen LogP contribution in [0.1, 0.15) is 42.9 Å². The van der Waals surface area contributed by atoms with Crippen LogP contribution in [0.5, 0.6) is 0 Å². The summed E-state index contributed by atoms with van der Waals surface area (Å²) in [6.07, 6.45) is 1.27. The number of unbranched alkanes of at least 4 members (excludes halogenated alkanes) is 2. The molecule has 0 aromatic heterocycles. The van der Waals surface area contributed by atoms with Gasteiger partial charge in [-0.15, -0.1) is 0 Å². The number of ketones is 1. The third-order valence-electron chi connectivity index (χ3n) is 5.38. The quantitative estimate of drug-likeness (QED) is 0.125. The van der Waals surface area contributed by atoms with Crippen molar-refractivity contribution in [1.29, 1.82) is 0 Å². The number of carboxylic acid groups (broad SMARTS) is 1. The van der Waals surface area contributed by atoms with Crippen LogP contribution in [-0.2, 0) is 14.4 Å². The van der Waals surface area contributed by atoms with Crippen LogP contribution >= 0.6 is 15.9 Å². The Hall–Kier alpha value is -3.53. The minimum Gasteiger partial charge on any atom is -0.507 e. The molecule has 0 aliphatic carbocycles. The van der Waals surface area contributed by atoms with Gasteiger partial charge in [0.15, 0.2) is 0 Å². The zero-order valence-corrected chi connectivity index (χ0v) is 19.0. The van der Waals surface area contributed by atoms with Gasteiger partial charge in [0.1, 0.15) is 5.76 Å². The Bertz CT molecular complexity index is 1130. The highest BCUT2D eigenvalue weighted by atomic mass is 79.9. The highest BCUT2D eigenvalue weighted by Crippen LogP contribution is 2.42. The largest absolute Gasteiger partial charge is 0.507 e. The number of aliphatic hydroxyl groups is 1. The number of carboxylic acids is 1. The lowest BCUT2D eigenvalue weighted by Crippen LogP contribution is -2.31. The second-order valence-corrected chi connectivity index (χ2v) is 8.44. The third-order valence-corrected chi connectivity index (χ3v) is 5.90. The predicted molar refractivity (Wildman–Crippen MR) is 122 cm³/mol. The first-order valence-electron chi connectivity index (χ1n) is 10.2. The molecule has 1 saturated heterocycles. The number of Topliss-reactive ketones (excluding diaryl/α,β-unsaturated/α-hetero) is 1. The maximum Gasteiger partial charge on any atom is 0.303 e. The molecule has 172 valence electrons. The molecule has 1 aliphatic heterocycles. The Balaban J connectivity index is 2.06. The molecular weight excluding hydrogens is 496 g/mol. The van der Waals surface area contributed by atoms with Crippen LogP contribution in [0.3, 0.4) is 0 Å². The van der Waals surface area contributed by atoms with Crippen molar-refractivity contribution < 1.29 is 29.5 Å². The lowest BCUT2D eigenvalue weighted by atomic mass is 9.94. The summed E-state index contributed by atoms with van der Waals surface area (Å²) in [4.78, 5) is 48.9. The average Bonchev–Trinajstić information content (AvgIpc) is 3.03. The molecule has 1 heterocycles. The van der Waals surface area contributed by atoms with Crippen molar-refractivity contribution in [2.75, 3.05) is 6.54 Å². The minimum absolute atomic E-state index is 0.0179. The first-order valence-corrected chi connectivity index (χ1v) is 11.0. The SMILES string of the molecule is O=C(O)CCCCCN1C(=O)C(=O)/C(=C(\O)c2ccc(Br)cc2)C1c1ccccc1[N+](=O)[O-]. The van der Waals surface area contributed by atoms with E-state index in [1.165, 1.54) is 23.1 Å². The topological polar surface area (TPSA) is 138 Å². The standard InChI is InChI=1S/C23H21BrN2O7/c24-15-11-9-14(10-12-15)21(29)19-20(16-6-3-4-7-17(16)26(32)33)25(23(31)22(19)30)13-5-1-2-8-18(27)28/h3-4,6-7,9-12,20,29H,1-2,5,8,13H2,(H,27,28)/b21-19-. The number of benzene rings is 2. The van der Waals surface area contributed by atoms with Crippen molar-refractivity contribution in [3.05, 3.63) is 79.8 Å². The van der Waals surface area contributed by atoms with E-state index in [9.17, 15) is 29.6 Å². The van der Waals surface area contributed by atoms with E-state index in [1.807, 2.05) is 0 Å². The zero-order valence-electron chi connectivity index (χ0n) is 17.4. The molecule has 2 aromatic carbocycles. The third kappa shape index (κ3) is 5.28. The van der Waals surface area contributed by atoms with Gasteiger partial charge in [-0.1, -0.05) is 46.6 Å². The second kappa shape index (κ2) is 10.4. The van der Waals surface area contributed by atoms with E-state index in [1.54, 1.807) is 30.3 Å². The predicted octanol–water partition coefficient (Wildman–Crippen LogP) is 4.42. The van der Waals surface area contributed by atoms with Gasteiger partial charge in [-0.3, -0.25) is 24.5 Å². The molecule has 1 unspecified atom stereocenters. The maximum absolute atomic E-state index is 13.0. The summed E-state index contributed by atoms with van der Waals surface area (Å²) in [6, 6.07) is 11.1. The lowest BCUT2D eigenvalue weighted by molar-refractivity contribution is -0.385. The number of aliphatic hydroxyl groups excluding tert-OH is 1. The Morgan fingerprint density at radius 3 is 2.33 bits per heavy atom. The van der Waals surface area contributed by atoms with Crippen LogP contribution in [0.4, 0.5) is 5.69 Å². The molecule has 3 rings (SSSR count). The molecule has 1 atom stereocenters. The van der Waals surface area contributed by atoms with Crippen molar-refractivity contribution in [2.45, 2.75) is 31.7 Å². The molecule has 0 radical (unpaired) electrons. The van der Waals surface area contributed by atoms with E-state index in [0.29, 0.717) is 24.8 Å². The van der Waals surface area contributed by atoms with E-state index in [-0.39, 0.29) is 29.8 Å². The lowest BCUT2D eigenvalue weighted by Gasteiger charge is -2.25. The van der Waals surface area contributed by atoms with Crippen LogP contribution in [0.15, 0.2) is 58.6 Å². The van der Waals surface area contributed by atoms with Crippen LogP contribution < -0.4 is 0 Å². The van der Waals surface area contributed by atoms with Gasteiger partial charge in [0.05, 0.1) is 22.1 Å². The molecule has 2 N–H and O–H groups in total. The molecule has 2 aromatic rings. The molecule has 10 heteroatoms. The van der Waals surface area contributed by atoms with Crippen molar-refractivity contribution in [3.8, 4) is 0 Å². The van der Waals surface area contributed by atoms with E-state index in [0.717, 1.165) is 4.47 Å². The van der Waals surface area contributed by atoms with Gasteiger partial charge in [0, 0.05) is 29.1 Å². The Morgan fingerprint density at radius 1 is 1.03 bits per heavy atom. The van der Waals surface area contributed by atoms with Crippen molar-refractivity contribution in [3.63, 3.8) is 0 Å². The number of aliphatic carboxylic acids is 1. The number of para-hydroxylation sites is 1. The minimum atomic E-state index is -1.14. The number of hydrogen-bond donors (Lipinski definition) is 2. The van der Waals surface area contributed by atoms with E-state index in [4.69, 9.17) is 5.11 Å². The van der Waals surface area contributed by atoms with E-state index in [2.05, 4.69) is 15.9 Å². The number of amides is 1. The Labute approximate surface area is 197 Å². The molecule has 1 fully saturated rings. The van der Waals surface area contributed by atoms with Gasteiger partial charge in [-0.05, 0) is 31.0 Å². The molecule has 33 heavy (non-hydrogen) atoms. The number of nitrogens with zero attached hydrogens (tertiary/aromatic N) is 2. The Kier molecular flexibility index (Phi) is 7.59. The molecule has 9 nitrogen and oxygen atoms in total. The number of halogens is 1. The normalized spacial score (nSPS) is 17.4. The van der Waals surface area contributed by atoms with E-state index >= 15 is 0 Å². The second-order valence-electron chi connectivity index (χ2n) is 7.52. The zero-order chi connectivity index (χ0) is 24.1. The summed E-state index contributed by atoms with van der Waals surface area (Å²) >= 11 is 3.29. The summed E-state index contributed by atoms with van der Waals surface area (Å²) in [5.41, 5.74) is -0.0868. The van der Waals surface area contributed by atoms with Gasteiger partial charge in [-0.2, -0.15) is 0 Å². The van der Waals surface area contributed by atoms with Crippen LogP contribution in [0, 0.1) is 10.1 Å². The van der Waals surface area contributed by atoms with Gasteiger partial charge < -0.3 is 15.1 Å². The monoisotopic (exact) mass is 516 g/mol. The average molecular weight is 517 g/mol. The fourth-order valence-corrected chi connectivity index (χ4v) is 4.08. The van der Waals surface area contributed by atoms with Gasteiger partial charge in [0.2, 0.25) is 0 Å². The van der Waals surface area contributed by atoms with Crippen LogP contribution in [-0.4, -0.2) is 44.2 Å². The first-order chi connectivity index (χ1) is 15.7. The molecule has 0 spiro atoms. The summed E-state index contributed by atoms with van der Waals surface area (Å²) in [5, 5.41) is 31.4. The number of hydrogen-bond acceptors (Lipinski definition) is 6. The fraction of sp³-hybridized carbons (Fsp3) is 0.261. The highest BCUT2D eigenvalue weighted by Gasteiger charge is 2.47. The summed E-state index contributed by atoms with van der Waals surface area (Å²) in [6.45, 7) is 0.0814. The smallest absolute Gasteiger partial charge is 0.303 e. The molecule has 1 aliphatic rings. The van der Waals surface area contributed by atoms with E-state index < -0.39 is 34.4 Å². The van der Waals surface area contributed by atoms with Crippen LogP contribution in [0.2, 0.25) is 0 Å². The molecule has 0 bridgehead atoms. The number of carbonyl (C=O) groups excluding carboxylic acids is 2. The molecule has 0 saturated carbocycles. The fourth-order valence-electron chi connectivity index (χ4n) is 3.82. The Morgan fingerprint density at radius 2 is 1.70 bits per heavy atom. The number of rotatable bonds is 9. The van der Waals surface area contributed by atoms with Gasteiger partial charge in [-0.25, -0.2) is 0 Å². The summed E-state index contributed by atoms with van der Waals surface area (Å²) < 4.78 is 0.746. The summed E-state index contributed by atoms with van der Waals surface area (Å²) in [7, 11) is 0. The van der Waals surface area contributed by atoms with Crippen molar-refractivity contribution in [1.82, 2.24) is 4.90 Å². The van der Waals surface area contributed by atoms with Crippen molar-refractivity contribution in [2.24, 2.45) is 0 Å². The number of likely N-dealkylation sites (tertiary alicyclic amines) is 1. The van der Waals surface area contributed by atoms with Crippen molar-refractivity contribution >= 4 is 45.0 Å². The highest BCUT2D eigenvalue weighted by molar-refractivity contribution is 9.10. The molecular formula is C23H21BrN2O7. The molecule has 1 amide bonds. The number of nitro groups is 1. The van der Waals surface area contributed by atoms with Gasteiger partial charge >= 0.3 is 5.97 Å². The van der Waals surface area contributed by atoms with Crippen LogP contribution in [0.25, 0.3) is 5.76 Å². The maximum atomic E-state index is 13.0. The summed E-state index contributed by atoms with van der Waals surface area (Å²) in [5.74, 6) is -3.14. The first kappa shape index (κ1) is 24.1. The van der Waals surface area contributed by atoms with Gasteiger partial charge in [0.25, 0.3) is 17.4 Å².